The second-order valence-corrected chi connectivity index (χ2v) is 2.06. The average Bonchev–Trinajstić information content (AvgIpc) is 2.03. The van der Waals surface area contributed by atoms with Crippen molar-refractivity contribution in [2.75, 3.05) is 39.5 Å². The summed E-state index contributed by atoms with van der Waals surface area (Å²) in [5.74, 6) is 0. The molecule has 0 spiro atoms. The van der Waals surface area contributed by atoms with Crippen molar-refractivity contribution in [3.8, 4) is 0 Å². The fourth-order valence-corrected chi connectivity index (χ4v) is 0.659. The normalized spacial score (nSPS) is 9.50. The van der Waals surface area contributed by atoms with E-state index in [0.29, 0.717) is 0 Å². The largest absolute Gasteiger partial charge is 1.00 e. The van der Waals surface area contributed by atoms with Gasteiger partial charge in [0.25, 0.3) is 0 Å². The molecule has 0 atom stereocenters. The first-order valence-corrected chi connectivity index (χ1v) is 4.20. The maximum atomic E-state index is 5.11. The smallest absolute Gasteiger partial charge is 0.659 e. The molecule has 12 heavy (non-hydrogen) atoms. The van der Waals surface area contributed by atoms with Gasteiger partial charge in [-0.15, -0.1) is 13.1 Å². The van der Waals surface area contributed by atoms with Gasteiger partial charge in [-0.05, 0) is 13.8 Å². The first kappa shape index (κ1) is 15.0. The minimum Gasteiger partial charge on any atom is -0.659 e. The Bertz CT molecular complexity index is 66.1. The van der Waals surface area contributed by atoms with Gasteiger partial charge in [-0.2, -0.15) is 0 Å². The second kappa shape index (κ2) is 14.0. The average molecular weight is 167 g/mol. The topological polar surface area (TPSA) is 32.6 Å². The summed E-state index contributed by atoms with van der Waals surface area (Å²) in [5.41, 5.74) is 0. The third-order valence-electron chi connectivity index (χ3n) is 1.20. The summed E-state index contributed by atoms with van der Waals surface area (Å²) in [6.07, 6.45) is 0. The van der Waals surface area contributed by atoms with E-state index in [0.717, 1.165) is 39.5 Å². The Morgan fingerprint density at radius 2 is 1.33 bits per heavy atom. The number of ether oxygens (including phenoxy) is 2. The van der Waals surface area contributed by atoms with Gasteiger partial charge >= 0.3 is 18.9 Å². The maximum absolute atomic E-state index is 5.11. The quantitative estimate of drug-likeness (QED) is 0.323. The zero-order valence-electron chi connectivity index (χ0n) is 8.51. The van der Waals surface area contributed by atoms with Crippen LogP contribution in [-0.4, -0.2) is 39.5 Å². The number of hydrogen-bond acceptors (Lipinski definition) is 2. The van der Waals surface area contributed by atoms with Gasteiger partial charge in [-0.3, -0.25) is 0 Å². The van der Waals surface area contributed by atoms with Crippen LogP contribution in [0.5, 0.6) is 0 Å². The minimum absolute atomic E-state index is 0. The second-order valence-electron chi connectivity index (χ2n) is 2.06. The fourth-order valence-electron chi connectivity index (χ4n) is 0.659. The molecule has 3 nitrogen and oxygen atoms in total. The predicted molar refractivity (Wildman–Crippen MR) is 46.1 cm³/mol. The molecule has 0 aromatic carbocycles. The van der Waals surface area contributed by atoms with Crippen molar-refractivity contribution in [2.45, 2.75) is 13.8 Å². The van der Waals surface area contributed by atoms with Crippen molar-refractivity contribution >= 4 is 0 Å². The summed E-state index contributed by atoms with van der Waals surface area (Å²) < 4.78 is 10.2. The van der Waals surface area contributed by atoms with E-state index in [1.54, 1.807) is 0 Å². The standard InChI is InChI=1S/C8H18NO2.Li/c1-3-10-7-5-9-6-8-11-4-2;/h3-8H2,1-2H3;/q-1;+1. The molecule has 0 aromatic rings. The molecule has 0 aliphatic carbocycles. The molecule has 0 aliphatic heterocycles. The molecule has 0 saturated carbocycles. The van der Waals surface area contributed by atoms with E-state index in [4.69, 9.17) is 9.47 Å². The Balaban J connectivity index is 0. The molecule has 4 heteroatoms. The number of rotatable bonds is 8. The Morgan fingerprint density at radius 3 is 1.67 bits per heavy atom. The summed E-state index contributed by atoms with van der Waals surface area (Å²) in [5, 5.41) is 4.20. The maximum Gasteiger partial charge on any atom is 1.00 e. The zero-order valence-corrected chi connectivity index (χ0v) is 8.51. The molecule has 0 bridgehead atoms. The number of hydrogen-bond donors (Lipinski definition) is 0. The monoisotopic (exact) mass is 167 g/mol. The van der Waals surface area contributed by atoms with Crippen molar-refractivity contribution in [3.63, 3.8) is 0 Å². The van der Waals surface area contributed by atoms with E-state index >= 15 is 0 Å². The molecule has 0 N–H and O–H groups in total. The van der Waals surface area contributed by atoms with Gasteiger partial charge in [0.15, 0.2) is 0 Å². The number of nitrogens with zero attached hydrogens (tertiary/aromatic N) is 1. The Labute approximate surface area is 87.4 Å². The molecule has 68 valence electrons. The first-order chi connectivity index (χ1) is 5.41. The van der Waals surface area contributed by atoms with Crippen LogP contribution < -0.4 is 18.9 Å². The fraction of sp³-hybridized carbons (Fsp3) is 1.00. The van der Waals surface area contributed by atoms with Crippen LogP contribution in [0.1, 0.15) is 13.8 Å². The molecule has 0 radical (unpaired) electrons. The van der Waals surface area contributed by atoms with Crippen LogP contribution in [0.2, 0.25) is 0 Å². The van der Waals surface area contributed by atoms with Crippen molar-refractivity contribution in [2.24, 2.45) is 0 Å². The molecular weight excluding hydrogens is 149 g/mol. The van der Waals surface area contributed by atoms with Crippen LogP contribution in [0.25, 0.3) is 5.32 Å². The van der Waals surface area contributed by atoms with E-state index in [-0.39, 0.29) is 18.9 Å². The van der Waals surface area contributed by atoms with Gasteiger partial charge < -0.3 is 14.8 Å². The van der Waals surface area contributed by atoms with Crippen molar-refractivity contribution in [3.05, 3.63) is 5.32 Å². The summed E-state index contributed by atoms with van der Waals surface area (Å²) in [6, 6.07) is 0. The van der Waals surface area contributed by atoms with Crippen LogP contribution in [0.15, 0.2) is 0 Å². The molecule has 0 amide bonds. The van der Waals surface area contributed by atoms with Crippen LogP contribution in [-0.2, 0) is 9.47 Å². The van der Waals surface area contributed by atoms with Gasteiger partial charge in [-0.25, -0.2) is 0 Å². The van der Waals surface area contributed by atoms with Crippen LogP contribution in [0.3, 0.4) is 0 Å². The zero-order chi connectivity index (χ0) is 8.36. The molecule has 0 saturated heterocycles. The van der Waals surface area contributed by atoms with Gasteiger partial charge in [0.2, 0.25) is 0 Å². The molecule has 0 rings (SSSR count). The summed E-state index contributed by atoms with van der Waals surface area (Å²) in [7, 11) is 0. The molecule has 0 aliphatic rings. The first-order valence-electron chi connectivity index (χ1n) is 4.20. The molecule has 0 fully saturated rings. The van der Waals surface area contributed by atoms with Crippen LogP contribution in [0.4, 0.5) is 0 Å². The van der Waals surface area contributed by atoms with Crippen LogP contribution >= 0.6 is 0 Å². The van der Waals surface area contributed by atoms with Gasteiger partial charge in [0.1, 0.15) is 0 Å². The Hall–Kier alpha value is 0.477. The molecular formula is C8H18LiNO2. The van der Waals surface area contributed by atoms with Crippen LogP contribution in [0, 0.1) is 0 Å². The Kier molecular flexibility index (Phi) is 17.5. The SMILES string of the molecule is CCOCC[N-]CCOCC.[Li+]. The van der Waals surface area contributed by atoms with Gasteiger partial charge in [-0.1, -0.05) is 0 Å². The van der Waals surface area contributed by atoms with E-state index in [1.807, 2.05) is 13.8 Å². The summed E-state index contributed by atoms with van der Waals surface area (Å²) in [4.78, 5) is 0. The van der Waals surface area contributed by atoms with Gasteiger partial charge in [0, 0.05) is 26.4 Å². The minimum atomic E-state index is 0. The third kappa shape index (κ3) is 13.1. The molecule has 0 unspecified atom stereocenters. The van der Waals surface area contributed by atoms with Crippen molar-refractivity contribution in [1.29, 1.82) is 0 Å². The third-order valence-corrected chi connectivity index (χ3v) is 1.20. The molecule has 0 aromatic heterocycles. The Morgan fingerprint density at radius 1 is 0.917 bits per heavy atom. The van der Waals surface area contributed by atoms with Crippen molar-refractivity contribution in [1.82, 2.24) is 0 Å². The van der Waals surface area contributed by atoms with E-state index in [2.05, 4.69) is 5.32 Å². The molecule has 0 heterocycles. The van der Waals surface area contributed by atoms with Crippen molar-refractivity contribution < 1.29 is 28.3 Å². The van der Waals surface area contributed by atoms with E-state index in [9.17, 15) is 0 Å². The summed E-state index contributed by atoms with van der Waals surface area (Å²) in [6.45, 7) is 8.59. The van der Waals surface area contributed by atoms with Gasteiger partial charge in [0.05, 0.1) is 0 Å². The predicted octanol–water partition coefficient (Wildman–Crippen LogP) is -1.56. The summed E-state index contributed by atoms with van der Waals surface area (Å²) >= 11 is 0. The van der Waals surface area contributed by atoms with E-state index in [1.165, 1.54) is 0 Å². The van der Waals surface area contributed by atoms with E-state index < -0.39 is 0 Å².